The van der Waals surface area contributed by atoms with E-state index in [1.807, 2.05) is 30.3 Å². The predicted octanol–water partition coefficient (Wildman–Crippen LogP) is 4.85. The molecule has 3 heteroatoms. The fourth-order valence-corrected chi connectivity index (χ4v) is 4.70. The molecule has 3 nitrogen and oxygen atoms in total. The molecule has 1 saturated carbocycles. The average Bonchev–Trinajstić information content (AvgIpc) is 2.71. The molecule has 0 radical (unpaired) electrons. The minimum Gasteiger partial charge on any atom is -0.497 e. The van der Waals surface area contributed by atoms with Crippen molar-refractivity contribution in [1.29, 1.82) is 0 Å². The molecule has 1 aliphatic carbocycles. The highest BCUT2D eigenvalue weighted by Gasteiger charge is 2.51. The summed E-state index contributed by atoms with van der Waals surface area (Å²) in [6, 6.07) is 18.7. The van der Waals surface area contributed by atoms with Crippen LogP contribution in [0.4, 0.5) is 5.69 Å². The molecule has 1 saturated heterocycles. The first-order valence-electron chi connectivity index (χ1n) is 9.79. The molecule has 0 unspecified atom stereocenters. The minimum atomic E-state index is 0.114. The molecule has 2 aliphatic rings. The number of carbonyl (C=O) groups is 1. The molecule has 2 atom stereocenters. The van der Waals surface area contributed by atoms with Crippen molar-refractivity contribution in [2.45, 2.75) is 44.6 Å². The third-order valence-electron chi connectivity index (χ3n) is 6.05. The molecule has 2 fully saturated rings. The zero-order valence-corrected chi connectivity index (χ0v) is 15.4. The number of amides is 1. The monoisotopic (exact) mass is 349 g/mol. The summed E-state index contributed by atoms with van der Waals surface area (Å²) in [5, 5.41) is 0. The zero-order valence-electron chi connectivity index (χ0n) is 15.4. The summed E-state index contributed by atoms with van der Waals surface area (Å²) in [6.07, 6.45) is 7.27. The maximum absolute atomic E-state index is 13.1. The smallest absolute Gasteiger partial charge is 0.232 e. The van der Waals surface area contributed by atoms with Gasteiger partial charge in [0.2, 0.25) is 5.91 Å². The molecule has 0 spiro atoms. The second kappa shape index (κ2) is 7.53. The van der Waals surface area contributed by atoms with Crippen LogP contribution in [0.3, 0.4) is 0 Å². The number of ether oxygens (including phenoxy) is 1. The standard InChI is InChI=1S/C23H27NO2/c1-26-20-14-12-19(13-15-20)24-22(18-10-6-3-7-11-18)21(23(24)25)16-17-8-4-2-5-9-17/h2,4-5,8-9,12-15,18,21-22H,3,6-7,10-11,16H2,1H3/t21-,22+/m1/s1. The van der Waals surface area contributed by atoms with Gasteiger partial charge >= 0.3 is 0 Å². The topological polar surface area (TPSA) is 29.5 Å². The molecular weight excluding hydrogens is 322 g/mol. The summed E-state index contributed by atoms with van der Waals surface area (Å²) in [5.74, 6) is 1.84. The molecule has 2 aromatic carbocycles. The Hall–Kier alpha value is -2.29. The third-order valence-corrected chi connectivity index (χ3v) is 6.05. The highest BCUT2D eigenvalue weighted by molar-refractivity contribution is 6.03. The number of anilines is 1. The third kappa shape index (κ3) is 3.23. The Kier molecular flexibility index (Phi) is 4.96. The zero-order chi connectivity index (χ0) is 17.9. The van der Waals surface area contributed by atoms with Crippen molar-refractivity contribution in [3.63, 3.8) is 0 Å². The van der Waals surface area contributed by atoms with Gasteiger partial charge in [0.25, 0.3) is 0 Å². The van der Waals surface area contributed by atoms with Crippen LogP contribution < -0.4 is 9.64 Å². The van der Waals surface area contributed by atoms with Gasteiger partial charge in [0, 0.05) is 5.69 Å². The number of benzene rings is 2. The Morgan fingerprint density at radius 3 is 2.31 bits per heavy atom. The SMILES string of the molecule is COc1ccc(N2C(=O)[C@H](Cc3ccccc3)[C@@H]2C2CCCCC2)cc1. The van der Waals surface area contributed by atoms with Gasteiger partial charge in [-0.3, -0.25) is 4.79 Å². The maximum Gasteiger partial charge on any atom is 0.232 e. The van der Waals surface area contributed by atoms with E-state index in [0.29, 0.717) is 12.0 Å². The van der Waals surface area contributed by atoms with Gasteiger partial charge in [-0.15, -0.1) is 0 Å². The van der Waals surface area contributed by atoms with Crippen molar-refractivity contribution in [2.24, 2.45) is 11.8 Å². The van der Waals surface area contributed by atoms with Gasteiger partial charge in [-0.1, -0.05) is 49.6 Å². The van der Waals surface area contributed by atoms with Crippen LogP contribution in [0.2, 0.25) is 0 Å². The van der Waals surface area contributed by atoms with E-state index < -0.39 is 0 Å². The second-order valence-electron chi connectivity index (χ2n) is 7.59. The molecule has 2 aromatic rings. The molecular formula is C23H27NO2. The quantitative estimate of drug-likeness (QED) is 0.722. The highest BCUT2D eigenvalue weighted by atomic mass is 16.5. The molecule has 4 rings (SSSR count). The molecule has 0 bridgehead atoms. The molecule has 1 amide bonds. The first kappa shape index (κ1) is 17.1. The van der Waals surface area contributed by atoms with E-state index in [1.165, 1.54) is 37.7 Å². The van der Waals surface area contributed by atoms with Crippen LogP contribution in [0.1, 0.15) is 37.7 Å². The molecule has 0 N–H and O–H groups in total. The van der Waals surface area contributed by atoms with E-state index >= 15 is 0 Å². The molecule has 1 aliphatic heterocycles. The lowest BCUT2D eigenvalue weighted by Crippen LogP contribution is -2.65. The fraction of sp³-hybridized carbons (Fsp3) is 0.435. The first-order chi connectivity index (χ1) is 12.8. The van der Waals surface area contributed by atoms with E-state index in [1.54, 1.807) is 7.11 Å². The summed E-state index contributed by atoms with van der Waals surface area (Å²) < 4.78 is 5.27. The van der Waals surface area contributed by atoms with E-state index in [2.05, 4.69) is 29.2 Å². The Morgan fingerprint density at radius 1 is 0.962 bits per heavy atom. The van der Waals surface area contributed by atoms with Gasteiger partial charge in [0.15, 0.2) is 0 Å². The van der Waals surface area contributed by atoms with Crippen molar-refractivity contribution in [2.75, 3.05) is 12.0 Å². The van der Waals surface area contributed by atoms with Gasteiger partial charge in [-0.2, -0.15) is 0 Å². The van der Waals surface area contributed by atoms with Crippen LogP contribution in [0.25, 0.3) is 0 Å². The van der Waals surface area contributed by atoms with Crippen molar-refractivity contribution in [3.05, 3.63) is 60.2 Å². The second-order valence-corrected chi connectivity index (χ2v) is 7.59. The first-order valence-corrected chi connectivity index (χ1v) is 9.79. The van der Waals surface area contributed by atoms with Gasteiger partial charge in [0.05, 0.1) is 19.1 Å². The summed E-state index contributed by atoms with van der Waals surface area (Å²) >= 11 is 0. The number of carbonyl (C=O) groups excluding carboxylic acids is 1. The van der Waals surface area contributed by atoms with Crippen molar-refractivity contribution >= 4 is 11.6 Å². The summed E-state index contributed by atoms with van der Waals surface area (Å²) in [7, 11) is 1.67. The van der Waals surface area contributed by atoms with E-state index in [0.717, 1.165) is 17.9 Å². The average molecular weight is 349 g/mol. The number of nitrogens with zero attached hydrogens (tertiary/aromatic N) is 1. The molecule has 26 heavy (non-hydrogen) atoms. The van der Waals surface area contributed by atoms with E-state index in [9.17, 15) is 4.79 Å². The molecule has 136 valence electrons. The predicted molar refractivity (Wildman–Crippen MR) is 104 cm³/mol. The number of rotatable bonds is 5. The fourth-order valence-electron chi connectivity index (χ4n) is 4.70. The van der Waals surface area contributed by atoms with Gasteiger partial charge in [-0.05, 0) is 55.0 Å². The van der Waals surface area contributed by atoms with Gasteiger partial charge in [0.1, 0.15) is 5.75 Å². The van der Waals surface area contributed by atoms with Crippen LogP contribution in [0.5, 0.6) is 5.75 Å². The van der Waals surface area contributed by atoms with E-state index in [-0.39, 0.29) is 11.8 Å². The van der Waals surface area contributed by atoms with Gasteiger partial charge in [-0.25, -0.2) is 0 Å². The van der Waals surface area contributed by atoms with Crippen LogP contribution in [-0.4, -0.2) is 19.1 Å². The Labute approximate surface area is 156 Å². The normalized spacial score (nSPS) is 23.6. The number of methoxy groups -OCH3 is 1. The summed E-state index contributed by atoms with van der Waals surface area (Å²) in [6.45, 7) is 0. The van der Waals surface area contributed by atoms with Crippen molar-refractivity contribution < 1.29 is 9.53 Å². The number of hydrogen-bond donors (Lipinski definition) is 0. The lowest BCUT2D eigenvalue weighted by atomic mass is 9.70. The van der Waals surface area contributed by atoms with Gasteiger partial charge < -0.3 is 9.64 Å². The van der Waals surface area contributed by atoms with Crippen LogP contribution in [0, 0.1) is 11.8 Å². The lowest BCUT2D eigenvalue weighted by molar-refractivity contribution is -0.132. The largest absolute Gasteiger partial charge is 0.497 e. The summed E-state index contributed by atoms with van der Waals surface area (Å²) in [4.78, 5) is 15.1. The molecule has 1 heterocycles. The van der Waals surface area contributed by atoms with Crippen LogP contribution in [0.15, 0.2) is 54.6 Å². The minimum absolute atomic E-state index is 0.114. The van der Waals surface area contributed by atoms with E-state index in [4.69, 9.17) is 4.74 Å². The lowest BCUT2D eigenvalue weighted by Gasteiger charge is -2.52. The van der Waals surface area contributed by atoms with Crippen molar-refractivity contribution in [3.8, 4) is 5.75 Å². The van der Waals surface area contributed by atoms with Crippen molar-refractivity contribution in [1.82, 2.24) is 0 Å². The Morgan fingerprint density at radius 2 is 1.65 bits per heavy atom. The molecule has 0 aromatic heterocycles. The highest BCUT2D eigenvalue weighted by Crippen LogP contribution is 2.43. The van der Waals surface area contributed by atoms with Crippen LogP contribution in [-0.2, 0) is 11.2 Å². The number of β-lactam (4-membered cyclic amide) rings is 1. The number of hydrogen-bond acceptors (Lipinski definition) is 2. The summed E-state index contributed by atoms with van der Waals surface area (Å²) in [5.41, 5.74) is 2.27. The maximum atomic E-state index is 13.1. The Balaban J connectivity index is 1.59. The van der Waals surface area contributed by atoms with Crippen LogP contribution >= 0.6 is 0 Å². The Bertz CT molecular complexity index is 735.